The first-order valence-electron chi connectivity index (χ1n) is 6.76. The Labute approximate surface area is 119 Å². The highest BCUT2D eigenvalue weighted by Gasteiger charge is 2.27. The molecule has 0 saturated carbocycles. The topological polar surface area (TPSA) is 68.4 Å². The molecule has 1 heterocycles. The Kier molecular flexibility index (Phi) is 5.80. The van der Waals surface area contributed by atoms with E-state index in [2.05, 4.69) is 9.72 Å². The summed E-state index contributed by atoms with van der Waals surface area (Å²) in [6.45, 7) is 5.52. The lowest BCUT2D eigenvalue weighted by Crippen LogP contribution is -2.28. The number of ether oxygens (including phenoxy) is 2. The molecule has 1 rings (SSSR count). The van der Waals surface area contributed by atoms with Crippen LogP contribution in [0.15, 0.2) is 18.3 Å². The molecule has 1 unspecified atom stereocenters. The van der Waals surface area contributed by atoms with E-state index < -0.39 is 5.60 Å². The van der Waals surface area contributed by atoms with Crippen molar-refractivity contribution in [3.63, 3.8) is 0 Å². The Balaban J connectivity index is 2.67. The quantitative estimate of drug-likeness (QED) is 0.814. The standard InChI is InChI=1S/C15H23NO4/c1-15(2,3)20-14(18)11(12-8-6-10-16-12)7-5-9-13(17)19-4/h6,8,10-11,16H,5,7,9H2,1-4H3. The normalized spacial score (nSPS) is 12.8. The van der Waals surface area contributed by atoms with Gasteiger partial charge in [-0.1, -0.05) is 0 Å². The fraction of sp³-hybridized carbons (Fsp3) is 0.600. The van der Waals surface area contributed by atoms with Gasteiger partial charge >= 0.3 is 11.9 Å². The summed E-state index contributed by atoms with van der Waals surface area (Å²) in [7, 11) is 1.36. The SMILES string of the molecule is COC(=O)CCCC(C(=O)OC(C)(C)C)c1ccc[nH]1. The van der Waals surface area contributed by atoms with Gasteiger partial charge in [0.25, 0.3) is 0 Å². The molecule has 0 spiro atoms. The summed E-state index contributed by atoms with van der Waals surface area (Å²) < 4.78 is 10.0. The van der Waals surface area contributed by atoms with Crippen molar-refractivity contribution in [2.45, 2.75) is 51.6 Å². The molecule has 1 N–H and O–H groups in total. The molecule has 1 aromatic heterocycles. The number of carbonyl (C=O) groups excluding carboxylic acids is 2. The van der Waals surface area contributed by atoms with Crippen LogP contribution in [-0.2, 0) is 19.1 Å². The van der Waals surface area contributed by atoms with Crippen LogP contribution >= 0.6 is 0 Å². The predicted molar refractivity (Wildman–Crippen MR) is 75.2 cm³/mol. The van der Waals surface area contributed by atoms with Crippen molar-refractivity contribution >= 4 is 11.9 Å². The van der Waals surface area contributed by atoms with Gasteiger partial charge in [0.15, 0.2) is 0 Å². The van der Waals surface area contributed by atoms with Crippen LogP contribution in [0.2, 0.25) is 0 Å². The van der Waals surface area contributed by atoms with Crippen molar-refractivity contribution in [1.82, 2.24) is 4.98 Å². The molecular formula is C15H23NO4. The fourth-order valence-corrected chi connectivity index (χ4v) is 1.89. The molecule has 0 aliphatic rings. The summed E-state index contributed by atoms with van der Waals surface area (Å²) >= 11 is 0. The average Bonchev–Trinajstić information content (AvgIpc) is 2.85. The lowest BCUT2D eigenvalue weighted by Gasteiger charge is -2.23. The van der Waals surface area contributed by atoms with Gasteiger partial charge in [0.2, 0.25) is 0 Å². The van der Waals surface area contributed by atoms with Gasteiger partial charge in [-0.25, -0.2) is 0 Å². The second kappa shape index (κ2) is 7.12. The third kappa shape index (κ3) is 5.47. The number of carbonyl (C=O) groups is 2. The van der Waals surface area contributed by atoms with E-state index in [4.69, 9.17) is 4.74 Å². The summed E-state index contributed by atoms with van der Waals surface area (Å²) in [6.07, 6.45) is 3.20. The van der Waals surface area contributed by atoms with E-state index in [9.17, 15) is 9.59 Å². The van der Waals surface area contributed by atoms with Crippen LogP contribution in [0.4, 0.5) is 0 Å². The van der Waals surface area contributed by atoms with Gasteiger partial charge in [0, 0.05) is 18.3 Å². The predicted octanol–water partition coefficient (Wildman–Crippen LogP) is 2.78. The average molecular weight is 281 g/mol. The number of hydrogen-bond acceptors (Lipinski definition) is 4. The third-order valence-corrected chi connectivity index (χ3v) is 2.79. The molecule has 1 aromatic rings. The van der Waals surface area contributed by atoms with Crippen molar-refractivity contribution < 1.29 is 19.1 Å². The maximum absolute atomic E-state index is 12.2. The number of nitrogens with one attached hydrogen (secondary N) is 1. The number of H-pyrrole nitrogens is 1. The summed E-state index contributed by atoms with van der Waals surface area (Å²) in [5, 5.41) is 0. The summed E-state index contributed by atoms with van der Waals surface area (Å²) in [6, 6.07) is 3.69. The van der Waals surface area contributed by atoms with E-state index in [1.807, 2.05) is 32.9 Å². The molecule has 1 atom stereocenters. The van der Waals surface area contributed by atoms with Crippen molar-refractivity contribution in [3.05, 3.63) is 24.0 Å². The van der Waals surface area contributed by atoms with Crippen molar-refractivity contribution in [1.29, 1.82) is 0 Å². The second-order valence-electron chi connectivity index (χ2n) is 5.68. The Bertz CT molecular complexity index is 431. The zero-order valence-electron chi connectivity index (χ0n) is 12.6. The maximum Gasteiger partial charge on any atom is 0.315 e. The molecule has 0 aromatic carbocycles. The first-order valence-corrected chi connectivity index (χ1v) is 6.76. The summed E-state index contributed by atoms with van der Waals surface area (Å²) in [5.74, 6) is -0.918. The van der Waals surface area contributed by atoms with Crippen LogP contribution in [0, 0.1) is 0 Å². The Morgan fingerprint density at radius 3 is 2.55 bits per heavy atom. The minimum Gasteiger partial charge on any atom is -0.469 e. The monoisotopic (exact) mass is 281 g/mol. The number of methoxy groups -OCH3 is 1. The number of aromatic nitrogens is 1. The van der Waals surface area contributed by atoms with E-state index in [1.54, 1.807) is 6.20 Å². The minimum absolute atomic E-state index is 0.264. The Morgan fingerprint density at radius 1 is 1.35 bits per heavy atom. The van der Waals surface area contributed by atoms with E-state index >= 15 is 0 Å². The van der Waals surface area contributed by atoms with E-state index in [0.29, 0.717) is 19.3 Å². The maximum atomic E-state index is 12.2. The van der Waals surface area contributed by atoms with Gasteiger partial charge in [-0.15, -0.1) is 0 Å². The second-order valence-corrected chi connectivity index (χ2v) is 5.68. The molecule has 0 saturated heterocycles. The lowest BCUT2D eigenvalue weighted by atomic mass is 9.98. The van der Waals surface area contributed by atoms with Crippen LogP contribution in [0.1, 0.15) is 51.6 Å². The Hall–Kier alpha value is -1.78. The zero-order chi connectivity index (χ0) is 15.2. The molecule has 0 aliphatic heterocycles. The number of aromatic amines is 1. The van der Waals surface area contributed by atoms with Crippen molar-refractivity contribution in [2.75, 3.05) is 7.11 Å². The van der Waals surface area contributed by atoms with Gasteiger partial charge in [-0.3, -0.25) is 9.59 Å². The molecule has 0 fully saturated rings. The van der Waals surface area contributed by atoms with Gasteiger partial charge in [0.05, 0.1) is 13.0 Å². The van der Waals surface area contributed by atoms with Gasteiger partial charge in [-0.2, -0.15) is 0 Å². The van der Waals surface area contributed by atoms with Crippen LogP contribution in [0.25, 0.3) is 0 Å². The fourth-order valence-electron chi connectivity index (χ4n) is 1.89. The van der Waals surface area contributed by atoms with Gasteiger partial charge < -0.3 is 14.5 Å². The first-order chi connectivity index (χ1) is 9.33. The van der Waals surface area contributed by atoms with Crippen LogP contribution in [0.3, 0.4) is 0 Å². The summed E-state index contributed by atoms with van der Waals surface area (Å²) in [4.78, 5) is 26.4. The largest absolute Gasteiger partial charge is 0.469 e. The van der Waals surface area contributed by atoms with E-state index in [1.165, 1.54) is 7.11 Å². The minimum atomic E-state index is -0.524. The number of hydrogen-bond donors (Lipinski definition) is 1. The highest BCUT2D eigenvalue weighted by atomic mass is 16.6. The third-order valence-electron chi connectivity index (χ3n) is 2.79. The lowest BCUT2D eigenvalue weighted by molar-refractivity contribution is -0.157. The zero-order valence-corrected chi connectivity index (χ0v) is 12.6. The van der Waals surface area contributed by atoms with Crippen LogP contribution in [-0.4, -0.2) is 29.6 Å². The molecule has 0 radical (unpaired) electrons. The number of esters is 2. The number of rotatable bonds is 6. The molecule has 112 valence electrons. The van der Waals surface area contributed by atoms with Crippen LogP contribution < -0.4 is 0 Å². The first kappa shape index (κ1) is 16.3. The van der Waals surface area contributed by atoms with Crippen molar-refractivity contribution in [3.8, 4) is 0 Å². The molecule has 0 amide bonds. The molecule has 5 heteroatoms. The van der Waals surface area contributed by atoms with Gasteiger partial charge in [-0.05, 0) is 45.7 Å². The smallest absolute Gasteiger partial charge is 0.315 e. The summed E-state index contributed by atoms with van der Waals surface area (Å²) in [5.41, 5.74) is 0.286. The van der Waals surface area contributed by atoms with E-state index in [0.717, 1.165) is 5.69 Å². The molecular weight excluding hydrogens is 258 g/mol. The van der Waals surface area contributed by atoms with Crippen LogP contribution in [0.5, 0.6) is 0 Å². The molecule has 0 bridgehead atoms. The molecule has 20 heavy (non-hydrogen) atoms. The highest BCUT2D eigenvalue weighted by molar-refractivity contribution is 5.78. The molecule has 5 nitrogen and oxygen atoms in total. The highest BCUT2D eigenvalue weighted by Crippen LogP contribution is 2.24. The molecule has 0 aliphatic carbocycles. The van der Waals surface area contributed by atoms with E-state index in [-0.39, 0.29) is 17.9 Å². The van der Waals surface area contributed by atoms with Crippen molar-refractivity contribution in [2.24, 2.45) is 0 Å². The van der Waals surface area contributed by atoms with Gasteiger partial charge in [0.1, 0.15) is 5.60 Å². The Morgan fingerprint density at radius 2 is 2.05 bits per heavy atom.